The number of hydrogen-bond donors (Lipinski definition) is 2. The van der Waals surface area contributed by atoms with Crippen LogP contribution in [0.3, 0.4) is 0 Å². The van der Waals surface area contributed by atoms with Crippen molar-refractivity contribution in [3.8, 4) is 0 Å². The molecule has 0 spiro atoms. The molecule has 0 aliphatic heterocycles. The fraction of sp³-hybridized carbons (Fsp3) is 0.643. The van der Waals surface area contributed by atoms with E-state index in [1.807, 2.05) is 0 Å². The summed E-state index contributed by atoms with van der Waals surface area (Å²) in [5.41, 5.74) is -0.205. The van der Waals surface area contributed by atoms with Crippen molar-refractivity contribution in [1.29, 1.82) is 5.41 Å². The van der Waals surface area contributed by atoms with E-state index >= 15 is 0 Å². The number of hydrogen-bond acceptors (Lipinski definition) is 6. The number of nitrogens with one attached hydrogen (secondary N) is 1. The zero-order valence-electron chi connectivity index (χ0n) is 11.7. The Kier molecular flexibility index (Phi) is 6.76. The lowest BCUT2D eigenvalue weighted by Gasteiger charge is -2.19. The quantitative estimate of drug-likeness (QED) is 0.256. The molecular formula is C14H21NO5. The molecule has 1 aliphatic carbocycles. The van der Waals surface area contributed by atoms with Crippen LogP contribution >= 0.6 is 0 Å². The van der Waals surface area contributed by atoms with Crippen LogP contribution in [0.1, 0.15) is 39.0 Å². The summed E-state index contributed by atoms with van der Waals surface area (Å²) >= 11 is 0. The van der Waals surface area contributed by atoms with Crippen molar-refractivity contribution in [1.82, 2.24) is 0 Å². The van der Waals surface area contributed by atoms with E-state index in [0.717, 1.165) is 31.9 Å². The second-order valence-corrected chi connectivity index (χ2v) is 4.78. The molecule has 1 aliphatic rings. The molecule has 0 atom stereocenters. The average Bonchev–Trinajstić information content (AvgIpc) is 2.44. The molecule has 0 aromatic heterocycles. The molecule has 0 amide bonds. The highest BCUT2D eigenvalue weighted by Gasteiger charge is 2.22. The SMILES string of the molecule is CC(O)=C(C=N)C(=O)OCCOC(=O)C1CCCCC1. The minimum Gasteiger partial charge on any atom is -0.512 e. The number of aliphatic hydroxyl groups excluding tert-OH is 1. The largest absolute Gasteiger partial charge is 0.512 e. The Labute approximate surface area is 118 Å². The Hall–Kier alpha value is -1.85. The minimum atomic E-state index is -0.797. The van der Waals surface area contributed by atoms with E-state index in [2.05, 4.69) is 0 Å². The second kappa shape index (κ2) is 8.35. The standard InChI is InChI=1S/C14H21NO5/c1-10(16)12(9-15)14(18)20-8-7-19-13(17)11-5-3-2-4-6-11/h9,11,15-16H,2-8H2,1H3. The van der Waals surface area contributed by atoms with Crippen LogP contribution in [0.15, 0.2) is 11.3 Å². The molecule has 6 heteroatoms. The highest BCUT2D eigenvalue weighted by molar-refractivity contribution is 6.08. The van der Waals surface area contributed by atoms with Crippen molar-refractivity contribution in [3.63, 3.8) is 0 Å². The monoisotopic (exact) mass is 283 g/mol. The van der Waals surface area contributed by atoms with Crippen LogP contribution in [0.2, 0.25) is 0 Å². The van der Waals surface area contributed by atoms with Crippen LogP contribution in [0.4, 0.5) is 0 Å². The predicted molar refractivity (Wildman–Crippen MR) is 72.6 cm³/mol. The Morgan fingerprint density at radius 3 is 2.35 bits per heavy atom. The van der Waals surface area contributed by atoms with Gasteiger partial charge in [0, 0.05) is 6.21 Å². The molecule has 1 saturated carbocycles. The zero-order chi connectivity index (χ0) is 15.0. The normalized spacial score (nSPS) is 17.1. The predicted octanol–water partition coefficient (Wildman–Crippen LogP) is 2.13. The van der Waals surface area contributed by atoms with Crippen LogP contribution in [0.25, 0.3) is 0 Å². The maximum Gasteiger partial charge on any atom is 0.343 e. The maximum absolute atomic E-state index is 11.7. The number of esters is 2. The first-order valence-electron chi connectivity index (χ1n) is 6.80. The molecule has 2 N–H and O–H groups in total. The van der Waals surface area contributed by atoms with E-state index in [0.29, 0.717) is 0 Å². The highest BCUT2D eigenvalue weighted by Crippen LogP contribution is 2.24. The molecule has 0 bridgehead atoms. The van der Waals surface area contributed by atoms with Gasteiger partial charge in [0.25, 0.3) is 0 Å². The van der Waals surface area contributed by atoms with Gasteiger partial charge in [0.1, 0.15) is 24.5 Å². The third kappa shape index (κ3) is 5.03. The fourth-order valence-electron chi connectivity index (χ4n) is 2.12. The Morgan fingerprint density at radius 1 is 1.20 bits per heavy atom. The molecule has 1 rings (SSSR count). The molecule has 0 saturated heterocycles. The summed E-state index contributed by atoms with van der Waals surface area (Å²) in [6, 6.07) is 0. The van der Waals surface area contributed by atoms with Crippen LogP contribution in [0.5, 0.6) is 0 Å². The van der Waals surface area contributed by atoms with Gasteiger partial charge in [-0.15, -0.1) is 0 Å². The summed E-state index contributed by atoms with van der Waals surface area (Å²) in [5, 5.41) is 16.1. The molecule has 0 radical (unpaired) electrons. The van der Waals surface area contributed by atoms with E-state index in [1.165, 1.54) is 13.3 Å². The van der Waals surface area contributed by atoms with E-state index in [1.54, 1.807) is 0 Å². The number of carbonyl (C=O) groups excluding carboxylic acids is 2. The Bertz CT molecular complexity index is 392. The van der Waals surface area contributed by atoms with Crippen molar-refractivity contribution in [3.05, 3.63) is 11.3 Å². The van der Waals surface area contributed by atoms with Gasteiger partial charge in [-0.1, -0.05) is 19.3 Å². The van der Waals surface area contributed by atoms with Crippen molar-refractivity contribution in [2.75, 3.05) is 13.2 Å². The van der Waals surface area contributed by atoms with E-state index in [-0.39, 0.29) is 36.4 Å². The lowest BCUT2D eigenvalue weighted by Crippen LogP contribution is -2.23. The topological polar surface area (TPSA) is 96.7 Å². The van der Waals surface area contributed by atoms with Crippen LogP contribution in [0, 0.1) is 11.3 Å². The molecule has 112 valence electrons. The van der Waals surface area contributed by atoms with Gasteiger partial charge >= 0.3 is 11.9 Å². The maximum atomic E-state index is 11.7. The van der Waals surface area contributed by atoms with Crippen LogP contribution < -0.4 is 0 Å². The van der Waals surface area contributed by atoms with Crippen molar-refractivity contribution >= 4 is 18.2 Å². The van der Waals surface area contributed by atoms with Gasteiger partial charge in [-0.3, -0.25) is 4.79 Å². The summed E-state index contributed by atoms with van der Waals surface area (Å²) in [5.74, 6) is -1.34. The summed E-state index contributed by atoms with van der Waals surface area (Å²) in [4.78, 5) is 23.1. The molecule has 0 unspecified atom stereocenters. The number of aliphatic hydroxyl groups is 1. The molecule has 1 fully saturated rings. The van der Waals surface area contributed by atoms with Crippen LogP contribution in [-0.2, 0) is 19.1 Å². The lowest BCUT2D eigenvalue weighted by molar-refractivity contribution is -0.154. The zero-order valence-corrected chi connectivity index (χ0v) is 11.7. The van der Waals surface area contributed by atoms with Gasteiger partial charge in [0.2, 0.25) is 0 Å². The van der Waals surface area contributed by atoms with Gasteiger partial charge in [-0.2, -0.15) is 0 Å². The van der Waals surface area contributed by atoms with Crippen molar-refractivity contribution in [2.45, 2.75) is 39.0 Å². The third-order valence-electron chi connectivity index (χ3n) is 3.25. The first kappa shape index (κ1) is 16.2. The smallest absolute Gasteiger partial charge is 0.343 e. The van der Waals surface area contributed by atoms with Gasteiger partial charge in [-0.05, 0) is 19.8 Å². The molecular weight excluding hydrogens is 262 g/mol. The summed E-state index contributed by atoms with van der Waals surface area (Å²) in [7, 11) is 0. The molecule has 0 heterocycles. The number of carbonyl (C=O) groups is 2. The molecule has 0 aromatic carbocycles. The average molecular weight is 283 g/mol. The van der Waals surface area contributed by atoms with Crippen molar-refractivity contribution < 1.29 is 24.2 Å². The summed E-state index contributed by atoms with van der Waals surface area (Å²) in [6.45, 7) is 1.21. The fourth-order valence-corrected chi connectivity index (χ4v) is 2.12. The minimum absolute atomic E-state index is 0.00315. The molecule has 6 nitrogen and oxygen atoms in total. The van der Waals surface area contributed by atoms with Gasteiger partial charge < -0.3 is 20.0 Å². The number of allylic oxidation sites excluding steroid dienone is 1. The van der Waals surface area contributed by atoms with Gasteiger partial charge in [-0.25, -0.2) is 4.79 Å². The van der Waals surface area contributed by atoms with E-state index in [4.69, 9.17) is 20.0 Å². The Morgan fingerprint density at radius 2 is 1.80 bits per heavy atom. The van der Waals surface area contributed by atoms with Crippen LogP contribution in [-0.4, -0.2) is 36.5 Å². The summed E-state index contributed by atoms with van der Waals surface area (Å²) in [6.07, 6.45) is 5.73. The third-order valence-corrected chi connectivity index (χ3v) is 3.25. The second-order valence-electron chi connectivity index (χ2n) is 4.78. The molecule has 0 aromatic rings. The first-order chi connectivity index (χ1) is 9.56. The van der Waals surface area contributed by atoms with Crippen molar-refractivity contribution in [2.24, 2.45) is 5.92 Å². The van der Waals surface area contributed by atoms with E-state index < -0.39 is 5.97 Å². The van der Waals surface area contributed by atoms with Gasteiger partial charge in [0.05, 0.1) is 5.92 Å². The Balaban J connectivity index is 2.24. The molecule has 20 heavy (non-hydrogen) atoms. The number of rotatable bonds is 6. The highest BCUT2D eigenvalue weighted by atomic mass is 16.6. The lowest BCUT2D eigenvalue weighted by atomic mass is 9.89. The first-order valence-corrected chi connectivity index (χ1v) is 6.80. The summed E-state index contributed by atoms with van der Waals surface area (Å²) < 4.78 is 9.86. The van der Waals surface area contributed by atoms with Gasteiger partial charge in [0.15, 0.2) is 0 Å². The van der Waals surface area contributed by atoms with E-state index in [9.17, 15) is 9.59 Å². The number of ether oxygens (including phenoxy) is 2.